The number of rotatable bonds is 3. The van der Waals surface area contributed by atoms with Gasteiger partial charge in [0.1, 0.15) is 0 Å². The summed E-state index contributed by atoms with van der Waals surface area (Å²) in [6.07, 6.45) is 3.34. The van der Waals surface area contributed by atoms with Crippen molar-refractivity contribution in [1.82, 2.24) is 0 Å². The predicted octanol–water partition coefficient (Wildman–Crippen LogP) is 1.91. The van der Waals surface area contributed by atoms with E-state index in [1.54, 1.807) is 0 Å². The van der Waals surface area contributed by atoms with E-state index >= 15 is 0 Å². The summed E-state index contributed by atoms with van der Waals surface area (Å²) in [6, 6.07) is 0.172. The quantitative estimate of drug-likeness (QED) is 0.784. The summed E-state index contributed by atoms with van der Waals surface area (Å²) in [5.74, 6) is 2.19. The molecule has 0 bridgehead atoms. The van der Waals surface area contributed by atoms with Gasteiger partial charge in [-0.15, -0.1) is 0 Å². The van der Waals surface area contributed by atoms with Crippen molar-refractivity contribution in [2.24, 2.45) is 17.6 Å². The molecule has 2 N–H and O–H groups in total. The number of hydrogen-bond donors (Lipinski definition) is 1. The highest BCUT2D eigenvalue weighted by molar-refractivity contribution is 7.85. The van der Waals surface area contributed by atoms with Gasteiger partial charge >= 0.3 is 0 Å². The molecule has 0 aromatic rings. The van der Waals surface area contributed by atoms with E-state index in [4.69, 9.17) is 5.73 Å². The van der Waals surface area contributed by atoms with Crippen LogP contribution >= 0.6 is 0 Å². The van der Waals surface area contributed by atoms with Gasteiger partial charge < -0.3 is 5.73 Å². The largest absolute Gasteiger partial charge is 0.327 e. The minimum Gasteiger partial charge on any atom is -0.327 e. The Balaban J connectivity index is 2.59. The lowest BCUT2D eigenvalue weighted by molar-refractivity contribution is 0.264. The van der Waals surface area contributed by atoms with Gasteiger partial charge in [0.25, 0.3) is 0 Å². The lowest BCUT2D eigenvalue weighted by Crippen LogP contribution is -2.44. The fourth-order valence-corrected chi connectivity index (χ4v) is 3.72. The maximum Gasteiger partial charge on any atom is 0.0501 e. The van der Waals surface area contributed by atoms with Gasteiger partial charge in [-0.05, 0) is 31.1 Å². The highest BCUT2D eigenvalue weighted by Crippen LogP contribution is 2.31. The summed E-state index contributed by atoms with van der Waals surface area (Å²) < 4.78 is 11.8. The lowest BCUT2D eigenvalue weighted by atomic mass is 9.79. The Morgan fingerprint density at radius 3 is 2.57 bits per heavy atom. The Hall–Kier alpha value is 0.110. The minimum absolute atomic E-state index is 0.172. The monoisotopic (exact) mass is 217 g/mol. The van der Waals surface area contributed by atoms with E-state index < -0.39 is 10.8 Å². The molecule has 0 aliphatic heterocycles. The van der Waals surface area contributed by atoms with E-state index in [2.05, 4.69) is 13.8 Å². The standard InChI is InChI=1S/C11H23NOS/c1-4-14(13)11-7-9(8(2)3)5-6-10(11)12/h8-11H,4-7,12H2,1-3H3. The molecular formula is C11H23NOS. The first kappa shape index (κ1) is 12.2. The highest BCUT2D eigenvalue weighted by Gasteiger charge is 2.32. The first-order chi connectivity index (χ1) is 6.56. The summed E-state index contributed by atoms with van der Waals surface area (Å²) in [5.41, 5.74) is 6.02. The van der Waals surface area contributed by atoms with Crippen LogP contribution in [-0.2, 0) is 10.8 Å². The van der Waals surface area contributed by atoms with Crippen molar-refractivity contribution in [2.45, 2.75) is 51.3 Å². The molecule has 2 nitrogen and oxygen atoms in total. The van der Waals surface area contributed by atoms with Crippen molar-refractivity contribution in [3.8, 4) is 0 Å². The minimum atomic E-state index is -0.706. The van der Waals surface area contributed by atoms with Crippen LogP contribution in [0.2, 0.25) is 0 Å². The van der Waals surface area contributed by atoms with Crippen molar-refractivity contribution in [3.05, 3.63) is 0 Å². The molecule has 4 atom stereocenters. The van der Waals surface area contributed by atoms with E-state index in [0.717, 1.165) is 24.5 Å². The molecule has 4 unspecified atom stereocenters. The maximum atomic E-state index is 11.8. The van der Waals surface area contributed by atoms with E-state index in [9.17, 15) is 4.21 Å². The smallest absolute Gasteiger partial charge is 0.0501 e. The molecule has 0 amide bonds. The van der Waals surface area contributed by atoms with E-state index in [1.807, 2.05) is 6.92 Å². The molecule has 1 aliphatic rings. The van der Waals surface area contributed by atoms with E-state index in [-0.39, 0.29) is 11.3 Å². The van der Waals surface area contributed by atoms with E-state index in [0.29, 0.717) is 5.92 Å². The van der Waals surface area contributed by atoms with Gasteiger partial charge in [-0.2, -0.15) is 0 Å². The first-order valence-electron chi connectivity index (χ1n) is 5.69. The second-order valence-corrected chi connectivity index (χ2v) is 6.63. The predicted molar refractivity (Wildman–Crippen MR) is 62.6 cm³/mol. The van der Waals surface area contributed by atoms with Crippen molar-refractivity contribution in [2.75, 3.05) is 5.75 Å². The van der Waals surface area contributed by atoms with Crippen LogP contribution in [0.25, 0.3) is 0 Å². The molecule has 0 saturated heterocycles. The molecule has 1 rings (SSSR count). The maximum absolute atomic E-state index is 11.8. The van der Waals surface area contributed by atoms with Crippen LogP contribution in [0.5, 0.6) is 0 Å². The topological polar surface area (TPSA) is 43.1 Å². The molecule has 84 valence electrons. The van der Waals surface area contributed by atoms with E-state index in [1.165, 1.54) is 6.42 Å². The van der Waals surface area contributed by atoms with Gasteiger partial charge in [0.15, 0.2) is 0 Å². The average molecular weight is 217 g/mol. The number of nitrogens with two attached hydrogens (primary N) is 1. The zero-order chi connectivity index (χ0) is 10.7. The molecule has 1 fully saturated rings. The molecule has 0 radical (unpaired) electrons. The van der Waals surface area contributed by atoms with Crippen LogP contribution in [0.4, 0.5) is 0 Å². The zero-order valence-corrected chi connectivity index (χ0v) is 10.3. The Morgan fingerprint density at radius 1 is 1.43 bits per heavy atom. The van der Waals surface area contributed by atoms with Crippen LogP contribution in [-0.4, -0.2) is 21.3 Å². The second kappa shape index (κ2) is 5.26. The SMILES string of the molecule is CCS(=O)C1CC(C(C)C)CCC1N. The molecule has 1 aliphatic carbocycles. The molecule has 0 heterocycles. The van der Waals surface area contributed by atoms with Crippen molar-refractivity contribution in [1.29, 1.82) is 0 Å². The van der Waals surface area contributed by atoms with Gasteiger partial charge in [-0.1, -0.05) is 20.8 Å². The van der Waals surface area contributed by atoms with Gasteiger partial charge in [-0.25, -0.2) is 0 Å². The van der Waals surface area contributed by atoms with Gasteiger partial charge in [0.05, 0.1) is 5.25 Å². The molecule has 0 aromatic heterocycles. The third-order valence-corrected chi connectivity index (χ3v) is 5.23. The molecule has 3 heteroatoms. The first-order valence-corrected chi connectivity index (χ1v) is 7.07. The lowest BCUT2D eigenvalue weighted by Gasteiger charge is -2.35. The molecular weight excluding hydrogens is 194 g/mol. The summed E-state index contributed by atoms with van der Waals surface area (Å²) in [6.45, 7) is 6.50. The summed E-state index contributed by atoms with van der Waals surface area (Å²) >= 11 is 0. The van der Waals surface area contributed by atoms with Gasteiger partial charge in [-0.3, -0.25) is 4.21 Å². The second-order valence-electron chi connectivity index (χ2n) is 4.69. The van der Waals surface area contributed by atoms with Gasteiger partial charge in [0.2, 0.25) is 0 Å². The Kier molecular flexibility index (Phi) is 4.58. The summed E-state index contributed by atoms with van der Waals surface area (Å²) in [4.78, 5) is 0. The van der Waals surface area contributed by atoms with Crippen LogP contribution in [0.15, 0.2) is 0 Å². The highest BCUT2D eigenvalue weighted by atomic mass is 32.2. The Labute approximate surface area is 90.1 Å². The van der Waals surface area contributed by atoms with Crippen LogP contribution in [0.3, 0.4) is 0 Å². The zero-order valence-electron chi connectivity index (χ0n) is 9.53. The van der Waals surface area contributed by atoms with Gasteiger partial charge in [0, 0.05) is 22.6 Å². The molecule has 0 aromatic carbocycles. The third-order valence-electron chi connectivity index (χ3n) is 3.45. The molecule has 0 spiro atoms. The van der Waals surface area contributed by atoms with Crippen molar-refractivity contribution in [3.63, 3.8) is 0 Å². The van der Waals surface area contributed by atoms with Crippen molar-refractivity contribution < 1.29 is 4.21 Å². The van der Waals surface area contributed by atoms with Crippen LogP contribution < -0.4 is 5.73 Å². The molecule has 1 saturated carbocycles. The van der Waals surface area contributed by atoms with Crippen LogP contribution in [0.1, 0.15) is 40.0 Å². The fourth-order valence-electron chi connectivity index (χ4n) is 2.31. The number of hydrogen-bond acceptors (Lipinski definition) is 2. The fraction of sp³-hybridized carbons (Fsp3) is 1.00. The summed E-state index contributed by atoms with van der Waals surface area (Å²) in [5, 5.41) is 0.251. The average Bonchev–Trinajstić information content (AvgIpc) is 2.17. The van der Waals surface area contributed by atoms with Crippen LogP contribution in [0, 0.1) is 11.8 Å². The Bertz CT molecular complexity index is 205. The Morgan fingerprint density at radius 2 is 2.07 bits per heavy atom. The van der Waals surface area contributed by atoms with Crippen molar-refractivity contribution >= 4 is 10.8 Å². The third kappa shape index (κ3) is 2.80. The summed E-state index contributed by atoms with van der Waals surface area (Å²) in [7, 11) is -0.706. The molecule has 14 heavy (non-hydrogen) atoms. The normalized spacial score (nSPS) is 35.9.